The summed E-state index contributed by atoms with van der Waals surface area (Å²) < 4.78 is 7.02. The number of rotatable bonds is 5. The molecule has 0 unspecified atom stereocenters. The number of ether oxygens (including phenoxy) is 1. The number of aromatic amines is 1. The summed E-state index contributed by atoms with van der Waals surface area (Å²) in [6.45, 7) is 3.15. The molecule has 0 spiro atoms. The van der Waals surface area contributed by atoms with E-state index < -0.39 is 0 Å². The average molecular weight is 237 g/mol. The van der Waals surface area contributed by atoms with E-state index in [0.29, 0.717) is 18.9 Å². The number of nitrogens with one attached hydrogen (secondary N) is 2. The largest absolute Gasteiger partial charge is 0.481 e. The van der Waals surface area contributed by atoms with Crippen molar-refractivity contribution in [3.05, 3.63) is 17.1 Å². The van der Waals surface area contributed by atoms with Crippen LogP contribution in [0.5, 0.6) is 5.88 Å². The number of hydrogen-bond acceptors (Lipinski definition) is 6. The van der Waals surface area contributed by atoms with Crippen LogP contribution in [0.4, 0.5) is 0 Å². The predicted molar refractivity (Wildman–Crippen MR) is 59.2 cm³/mol. The van der Waals surface area contributed by atoms with Crippen LogP contribution in [0, 0.1) is 6.92 Å². The van der Waals surface area contributed by atoms with Crippen LogP contribution in [0.25, 0.3) is 0 Å². The minimum absolute atomic E-state index is 0.550. The summed E-state index contributed by atoms with van der Waals surface area (Å²) >= 11 is 0. The Labute approximate surface area is 98.4 Å². The van der Waals surface area contributed by atoms with Gasteiger partial charge in [0.05, 0.1) is 24.9 Å². The molecule has 2 rings (SSSR count). The third kappa shape index (κ3) is 2.41. The summed E-state index contributed by atoms with van der Waals surface area (Å²) in [7, 11) is 3.49. The van der Waals surface area contributed by atoms with E-state index in [1.807, 2.05) is 14.0 Å². The van der Waals surface area contributed by atoms with Gasteiger partial charge < -0.3 is 10.1 Å². The first-order valence-corrected chi connectivity index (χ1v) is 5.22. The highest BCUT2D eigenvalue weighted by atomic mass is 16.5. The fourth-order valence-corrected chi connectivity index (χ4v) is 1.70. The first-order chi connectivity index (χ1) is 8.22. The van der Waals surface area contributed by atoms with Crippen molar-refractivity contribution in [3.8, 4) is 5.88 Å². The number of nitrogens with zero attached hydrogens (tertiary/aromatic N) is 5. The first kappa shape index (κ1) is 11.5. The maximum atomic E-state index is 5.30. The second kappa shape index (κ2) is 4.91. The molecule has 0 saturated carbocycles. The molecule has 0 bridgehead atoms. The van der Waals surface area contributed by atoms with Gasteiger partial charge in [-0.2, -0.15) is 10.3 Å². The van der Waals surface area contributed by atoms with Crippen LogP contribution in [0.2, 0.25) is 0 Å². The number of aromatic nitrogens is 6. The molecule has 92 valence electrons. The van der Waals surface area contributed by atoms with Crippen molar-refractivity contribution >= 4 is 0 Å². The topological polar surface area (TPSA) is 93.5 Å². The second-order valence-corrected chi connectivity index (χ2v) is 3.63. The average Bonchev–Trinajstić information content (AvgIpc) is 2.88. The summed E-state index contributed by atoms with van der Waals surface area (Å²) in [5.41, 5.74) is 1.99. The van der Waals surface area contributed by atoms with Crippen molar-refractivity contribution < 1.29 is 4.74 Å². The smallest absolute Gasteiger partial charge is 0.216 e. The lowest BCUT2D eigenvalue weighted by molar-refractivity contribution is 0.368. The molecular formula is C9H15N7O. The summed E-state index contributed by atoms with van der Waals surface area (Å²) in [6.07, 6.45) is 0. The molecule has 0 atom stereocenters. The van der Waals surface area contributed by atoms with Gasteiger partial charge in [-0.25, -0.2) is 4.68 Å². The van der Waals surface area contributed by atoms with Crippen LogP contribution in [0.1, 0.15) is 17.1 Å². The number of hydrogen-bond donors (Lipinski definition) is 2. The molecule has 0 amide bonds. The zero-order valence-corrected chi connectivity index (χ0v) is 10.1. The summed E-state index contributed by atoms with van der Waals surface area (Å²) in [5, 5.41) is 21.1. The normalized spacial score (nSPS) is 10.8. The highest BCUT2D eigenvalue weighted by Crippen LogP contribution is 2.20. The molecule has 2 aromatic rings. The molecule has 0 aromatic carbocycles. The van der Waals surface area contributed by atoms with Gasteiger partial charge in [-0.3, -0.25) is 0 Å². The summed E-state index contributed by atoms with van der Waals surface area (Å²) in [4.78, 5) is 0. The van der Waals surface area contributed by atoms with Gasteiger partial charge >= 0.3 is 0 Å². The van der Waals surface area contributed by atoms with E-state index in [1.54, 1.807) is 11.8 Å². The minimum atomic E-state index is 0.550. The van der Waals surface area contributed by atoms with Crippen LogP contribution < -0.4 is 10.1 Å². The monoisotopic (exact) mass is 237 g/mol. The lowest BCUT2D eigenvalue weighted by atomic mass is 10.2. The quantitative estimate of drug-likeness (QED) is 0.731. The Kier molecular flexibility index (Phi) is 3.33. The van der Waals surface area contributed by atoms with Gasteiger partial charge in [0.15, 0.2) is 5.82 Å². The van der Waals surface area contributed by atoms with Crippen molar-refractivity contribution in [2.45, 2.75) is 20.0 Å². The Morgan fingerprint density at radius 1 is 1.41 bits per heavy atom. The number of H-pyrrole nitrogens is 1. The number of aryl methyl sites for hydroxylation is 2. The number of tetrazole rings is 1. The van der Waals surface area contributed by atoms with Gasteiger partial charge in [-0.05, 0) is 6.92 Å². The third-order valence-electron chi connectivity index (χ3n) is 2.46. The van der Waals surface area contributed by atoms with Crippen LogP contribution >= 0.6 is 0 Å². The van der Waals surface area contributed by atoms with Crippen LogP contribution in [0.15, 0.2) is 0 Å². The van der Waals surface area contributed by atoms with Gasteiger partial charge in [0, 0.05) is 13.6 Å². The lowest BCUT2D eigenvalue weighted by Crippen LogP contribution is -2.14. The Morgan fingerprint density at radius 2 is 2.24 bits per heavy atom. The van der Waals surface area contributed by atoms with E-state index in [2.05, 4.69) is 31.0 Å². The Hall–Kier alpha value is -1.96. The third-order valence-corrected chi connectivity index (χ3v) is 2.46. The molecule has 8 nitrogen and oxygen atoms in total. The van der Waals surface area contributed by atoms with Gasteiger partial charge in [-0.15, -0.1) is 10.2 Å². The zero-order chi connectivity index (χ0) is 12.3. The predicted octanol–water partition coefficient (Wildman–Crippen LogP) is -0.460. The standard InChI is InChI=1S/C9H15N7O/c1-6-7(9(17-3)16(2)13-6)4-10-5-8-11-14-15-12-8/h10H,4-5H2,1-3H3,(H,11,12,14,15). The molecule has 2 N–H and O–H groups in total. The van der Waals surface area contributed by atoms with E-state index in [1.165, 1.54) is 0 Å². The SMILES string of the molecule is COc1c(CNCc2nn[nH]n2)c(C)nn1C. The number of methoxy groups -OCH3 is 1. The van der Waals surface area contributed by atoms with Crippen LogP contribution in [0.3, 0.4) is 0 Å². The molecule has 2 heterocycles. The maximum Gasteiger partial charge on any atom is 0.216 e. The van der Waals surface area contributed by atoms with Gasteiger partial charge in [-0.1, -0.05) is 5.21 Å². The fraction of sp³-hybridized carbons (Fsp3) is 0.556. The molecule has 0 saturated heterocycles. The van der Waals surface area contributed by atoms with Crippen molar-refractivity contribution in [1.29, 1.82) is 0 Å². The molecule has 0 fully saturated rings. The highest BCUT2D eigenvalue weighted by Gasteiger charge is 2.13. The van der Waals surface area contributed by atoms with E-state index in [-0.39, 0.29) is 0 Å². The maximum absolute atomic E-state index is 5.30. The second-order valence-electron chi connectivity index (χ2n) is 3.63. The molecule has 8 heteroatoms. The summed E-state index contributed by atoms with van der Waals surface area (Å²) in [5.74, 6) is 1.40. The van der Waals surface area contributed by atoms with E-state index in [4.69, 9.17) is 4.74 Å². The minimum Gasteiger partial charge on any atom is -0.481 e. The molecule has 2 aromatic heterocycles. The molecule has 0 aliphatic carbocycles. The fourth-order valence-electron chi connectivity index (χ4n) is 1.70. The zero-order valence-electron chi connectivity index (χ0n) is 10.1. The highest BCUT2D eigenvalue weighted by molar-refractivity contribution is 5.30. The first-order valence-electron chi connectivity index (χ1n) is 5.22. The molecule has 17 heavy (non-hydrogen) atoms. The lowest BCUT2D eigenvalue weighted by Gasteiger charge is -2.05. The van der Waals surface area contributed by atoms with Crippen molar-refractivity contribution in [3.63, 3.8) is 0 Å². The van der Waals surface area contributed by atoms with Crippen molar-refractivity contribution in [1.82, 2.24) is 35.7 Å². The Bertz CT molecular complexity index is 476. The van der Waals surface area contributed by atoms with Gasteiger partial charge in [0.1, 0.15) is 0 Å². The van der Waals surface area contributed by atoms with Crippen LogP contribution in [-0.4, -0.2) is 37.5 Å². The molecule has 0 radical (unpaired) electrons. The van der Waals surface area contributed by atoms with Crippen molar-refractivity contribution in [2.75, 3.05) is 7.11 Å². The van der Waals surface area contributed by atoms with E-state index >= 15 is 0 Å². The Balaban J connectivity index is 1.99. The van der Waals surface area contributed by atoms with E-state index in [9.17, 15) is 0 Å². The molecule has 0 aliphatic rings. The van der Waals surface area contributed by atoms with E-state index in [0.717, 1.165) is 17.1 Å². The summed E-state index contributed by atoms with van der Waals surface area (Å²) in [6, 6.07) is 0. The van der Waals surface area contributed by atoms with Gasteiger partial charge in [0.25, 0.3) is 0 Å². The molecule has 0 aliphatic heterocycles. The van der Waals surface area contributed by atoms with Gasteiger partial charge in [0.2, 0.25) is 5.88 Å². The van der Waals surface area contributed by atoms with Crippen molar-refractivity contribution in [2.24, 2.45) is 7.05 Å². The molecular weight excluding hydrogens is 222 g/mol. The van der Waals surface area contributed by atoms with Crippen LogP contribution in [-0.2, 0) is 20.1 Å². The Morgan fingerprint density at radius 3 is 2.88 bits per heavy atom.